The number of hydrogen-bond acceptors (Lipinski definition) is 5. The van der Waals surface area contributed by atoms with E-state index in [0.29, 0.717) is 18.0 Å². The van der Waals surface area contributed by atoms with Crippen molar-refractivity contribution >= 4 is 17.2 Å². The molecule has 1 amide bonds. The Hall–Kier alpha value is -2.86. The van der Waals surface area contributed by atoms with Crippen molar-refractivity contribution in [3.05, 3.63) is 65.2 Å². The molecular formula is C21H22N2O3S. The fourth-order valence-electron chi connectivity index (χ4n) is 2.50. The van der Waals surface area contributed by atoms with Crippen LogP contribution in [0.1, 0.15) is 18.2 Å². The Kier molecular flexibility index (Phi) is 6.08. The molecule has 1 atom stereocenters. The molecule has 0 saturated carbocycles. The molecule has 0 fully saturated rings. The molecule has 0 aliphatic carbocycles. The van der Waals surface area contributed by atoms with Crippen LogP contribution in [0.5, 0.6) is 11.5 Å². The number of aromatic nitrogens is 1. The van der Waals surface area contributed by atoms with Gasteiger partial charge in [0, 0.05) is 10.9 Å². The van der Waals surface area contributed by atoms with E-state index in [1.54, 1.807) is 37.5 Å². The number of ether oxygens (including phenoxy) is 2. The van der Waals surface area contributed by atoms with Gasteiger partial charge in [0.1, 0.15) is 5.01 Å². The summed E-state index contributed by atoms with van der Waals surface area (Å²) in [6.07, 6.45) is -0.642. The Bertz CT molecular complexity index is 906. The molecule has 140 valence electrons. The lowest BCUT2D eigenvalue weighted by Gasteiger charge is -2.16. The SMILES string of the molecule is COc1ccccc1OC(C)C(=O)NCc1csc(-c2ccc(C)cc2)n1. The quantitative estimate of drug-likeness (QED) is 0.665. The first kappa shape index (κ1) is 18.9. The van der Waals surface area contributed by atoms with E-state index in [-0.39, 0.29) is 5.91 Å². The van der Waals surface area contributed by atoms with Crippen molar-refractivity contribution in [3.63, 3.8) is 0 Å². The van der Waals surface area contributed by atoms with Gasteiger partial charge in [-0.15, -0.1) is 11.3 Å². The number of carbonyl (C=O) groups is 1. The minimum Gasteiger partial charge on any atom is -0.493 e. The van der Waals surface area contributed by atoms with Gasteiger partial charge in [-0.25, -0.2) is 4.98 Å². The summed E-state index contributed by atoms with van der Waals surface area (Å²) in [5, 5.41) is 5.77. The van der Waals surface area contributed by atoms with Crippen LogP contribution in [0.3, 0.4) is 0 Å². The highest BCUT2D eigenvalue weighted by molar-refractivity contribution is 7.13. The maximum absolute atomic E-state index is 12.3. The van der Waals surface area contributed by atoms with Crippen molar-refractivity contribution in [3.8, 4) is 22.1 Å². The van der Waals surface area contributed by atoms with Gasteiger partial charge in [-0.05, 0) is 26.0 Å². The lowest BCUT2D eigenvalue weighted by molar-refractivity contribution is -0.127. The molecule has 1 aromatic heterocycles. The lowest BCUT2D eigenvalue weighted by Crippen LogP contribution is -2.36. The fourth-order valence-corrected chi connectivity index (χ4v) is 3.32. The van der Waals surface area contributed by atoms with E-state index < -0.39 is 6.10 Å². The van der Waals surface area contributed by atoms with E-state index in [0.717, 1.165) is 16.3 Å². The van der Waals surface area contributed by atoms with E-state index in [4.69, 9.17) is 9.47 Å². The lowest BCUT2D eigenvalue weighted by atomic mass is 10.2. The molecule has 3 aromatic rings. The Morgan fingerprint density at radius 2 is 1.85 bits per heavy atom. The molecule has 0 aliphatic heterocycles. The maximum atomic E-state index is 12.3. The monoisotopic (exact) mass is 382 g/mol. The van der Waals surface area contributed by atoms with Crippen molar-refractivity contribution in [2.24, 2.45) is 0 Å². The normalized spacial score (nSPS) is 11.7. The molecule has 1 heterocycles. The van der Waals surface area contributed by atoms with Crippen LogP contribution in [0, 0.1) is 6.92 Å². The molecule has 1 unspecified atom stereocenters. The first-order valence-corrected chi connectivity index (χ1v) is 9.53. The van der Waals surface area contributed by atoms with Gasteiger partial charge in [0.2, 0.25) is 0 Å². The second-order valence-electron chi connectivity index (χ2n) is 6.14. The topological polar surface area (TPSA) is 60.5 Å². The highest BCUT2D eigenvalue weighted by Gasteiger charge is 2.17. The smallest absolute Gasteiger partial charge is 0.261 e. The number of hydrogen-bond donors (Lipinski definition) is 1. The van der Waals surface area contributed by atoms with E-state index >= 15 is 0 Å². The summed E-state index contributed by atoms with van der Waals surface area (Å²) in [5.41, 5.74) is 3.12. The zero-order valence-electron chi connectivity index (χ0n) is 15.6. The third-order valence-corrected chi connectivity index (χ3v) is 4.98. The minimum atomic E-state index is -0.642. The van der Waals surface area contributed by atoms with Crippen LogP contribution in [0.15, 0.2) is 53.9 Å². The zero-order valence-corrected chi connectivity index (χ0v) is 16.4. The number of nitrogens with zero attached hydrogens (tertiary/aromatic N) is 1. The predicted octanol–water partition coefficient (Wildman–Crippen LogP) is 4.21. The van der Waals surface area contributed by atoms with Gasteiger partial charge < -0.3 is 14.8 Å². The molecule has 0 aliphatic rings. The number of carbonyl (C=O) groups excluding carboxylic acids is 1. The number of para-hydroxylation sites is 2. The zero-order chi connectivity index (χ0) is 19.2. The predicted molar refractivity (Wildman–Crippen MR) is 107 cm³/mol. The Balaban J connectivity index is 1.56. The first-order valence-electron chi connectivity index (χ1n) is 8.65. The van der Waals surface area contributed by atoms with E-state index in [1.165, 1.54) is 5.56 Å². The van der Waals surface area contributed by atoms with Gasteiger partial charge in [-0.2, -0.15) is 0 Å². The Morgan fingerprint density at radius 1 is 1.15 bits per heavy atom. The second kappa shape index (κ2) is 8.68. The number of methoxy groups -OCH3 is 1. The van der Waals surface area contributed by atoms with Crippen molar-refractivity contribution in [2.75, 3.05) is 7.11 Å². The van der Waals surface area contributed by atoms with Crippen LogP contribution in [0.2, 0.25) is 0 Å². The molecule has 0 saturated heterocycles. The number of thiazole rings is 1. The summed E-state index contributed by atoms with van der Waals surface area (Å²) in [4.78, 5) is 16.9. The molecule has 0 bridgehead atoms. The van der Waals surface area contributed by atoms with Crippen LogP contribution in [-0.4, -0.2) is 24.1 Å². The van der Waals surface area contributed by atoms with Gasteiger partial charge in [0.15, 0.2) is 17.6 Å². The van der Waals surface area contributed by atoms with Gasteiger partial charge in [-0.1, -0.05) is 42.0 Å². The number of nitrogens with one attached hydrogen (secondary N) is 1. The second-order valence-corrected chi connectivity index (χ2v) is 7.00. The largest absolute Gasteiger partial charge is 0.493 e. The average molecular weight is 382 g/mol. The first-order chi connectivity index (χ1) is 13.1. The van der Waals surface area contributed by atoms with Crippen molar-refractivity contribution < 1.29 is 14.3 Å². The fraction of sp³-hybridized carbons (Fsp3) is 0.238. The van der Waals surface area contributed by atoms with Crippen molar-refractivity contribution in [1.82, 2.24) is 10.3 Å². The van der Waals surface area contributed by atoms with Crippen molar-refractivity contribution in [2.45, 2.75) is 26.5 Å². The third-order valence-electron chi connectivity index (χ3n) is 4.04. The van der Waals surface area contributed by atoms with Crippen LogP contribution in [-0.2, 0) is 11.3 Å². The third kappa shape index (κ3) is 4.86. The highest BCUT2D eigenvalue weighted by atomic mass is 32.1. The number of aryl methyl sites for hydroxylation is 1. The standard InChI is InChI=1S/C21H22N2O3S/c1-14-8-10-16(11-9-14)21-23-17(13-27-21)12-22-20(24)15(2)26-19-7-5-4-6-18(19)25-3/h4-11,13,15H,12H2,1-3H3,(H,22,24). The number of rotatable bonds is 7. The van der Waals surface area contributed by atoms with E-state index in [9.17, 15) is 4.79 Å². The molecule has 27 heavy (non-hydrogen) atoms. The summed E-state index contributed by atoms with van der Waals surface area (Å²) in [6, 6.07) is 15.5. The average Bonchev–Trinajstić information content (AvgIpc) is 3.16. The summed E-state index contributed by atoms with van der Waals surface area (Å²) in [7, 11) is 1.57. The van der Waals surface area contributed by atoms with Gasteiger partial charge >= 0.3 is 0 Å². The molecule has 1 N–H and O–H groups in total. The Morgan fingerprint density at radius 3 is 2.56 bits per heavy atom. The van der Waals surface area contributed by atoms with E-state index in [2.05, 4.69) is 41.5 Å². The van der Waals surface area contributed by atoms with Gasteiger partial charge in [0.25, 0.3) is 5.91 Å². The molecule has 0 spiro atoms. The molecule has 3 rings (SSSR count). The maximum Gasteiger partial charge on any atom is 0.261 e. The number of amides is 1. The van der Waals surface area contributed by atoms with Crippen LogP contribution >= 0.6 is 11.3 Å². The summed E-state index contributed by atoms with van der Waals surface area (Å²) >= 11 is 1.57. The Labute approximate surface area is 163 Å². The summed E-state index contributed by atoms with van der Waals surface area (Å²) in [5.74, 6) is 0.933. The number of benzene rings is 2. The van der Waals surface area contributed by atoms with Crippen LogP contribution in [0.25, 0.3) is 10.6 Å². The molecule has 6 heteroatoms. The molecule has 2 aromatic carbocycles. The molecule has 5 nitrogen and oxygen atoms in total. The molecule has 0 radical (unpaired) electrons. The van der Waals surface area contributed by atoms with E-state index in [1.807, 2.05) is 17.5 Å². The summed E-state index contributed by atoms with van der Waals surface area (Å²) in [6.45, 7) is 4.13. The molecular weight excluding hydrogens is 360 g/mol. The van der Waals surface area contributed by atoms with Crippen molar-refractivity contribution in [1.29, 1.82) is 0 Å². The highest BCUT2D eigenvalue weighted by Crippen LogP contribution is 2.27. The summed E-state index contributed by atoms with van der Waals surface area (Å²) < 4.78 is 11.0. The van der Waals surface area contributed by atoms with Crippen LogP contribution in [0.4, 0.5) is 0 Å². The van der Waals surface area contributed by atoms with Crippen LogP contribution < -0.4 is 14.8 Å². The van der Waals surface area contributed by atoms with Gasteiger partial charge in [0.05, 0.1) is 19.3 Å². The van der Waals surface area contributed by atoms with Gasteiger partial charge in [-0.3, -0.25) is 4.79 Å². The minimum absolute atomic E-state index is 0.203.